The average molecular weight is 232 g/mol. The number of benzene rings is 2. The minimum absolute atomic E-state index is 1.06. The van der Waals surface area contributed by atoms with Crippen molar-refractivity contribution in [3.8, 4) is 11.1 Å². The summed E-state index contributed by atoms with van der Waals surface area (Å²) < 4.78 is 0. The smallest absolute Gasteiger partial charge is 0.0157 e. The van der Waals surface area contributed by atoms with E-state index in [1.54, 1.807) is 0 Å². The summed E-state index contributed by atoms with van der Waals surface area (Å²) in [6.45, 7) is 2.13. The van der Waals surface area contributed by atoms with Crippen LogP contribution in [0.1, 0.15) is 17.5 Å². The highest BCUT2D eigenvalue weighted by molar-refractivity contribution is 5.79. The molecular formula is C18H16. The normalized spacial score (nSPS) is 13.7. The van der Waals surface area contributed by atoms with Gasteiger partial charge in [0.2, 0.25) is 0 Å². The van der Waals surface area contributed by atoms with Crippen molar-refractivity contribution < 1.29 is 0 Å². The van der Waals surface area contributed by atoms with Crippen LogP contribution in [0.4, 0.5) is 0 Å². The largest absolute Gasteiger partial charge is 0.0801 e. The number of allylic oxidation sites excluding steroid dienone is 4. The first-order valence-corrected chi connectivity index (χ1v) is 6.37. The lowest BCUT2D eigenvalue weighted by Crippen LogP contribution is -1.83. The third-order valence-corrected chi connectivity index (χ3v) is 3.32. The molecule has 2 aromatic rings. The van der Waals surface area contributed by atoms with Gasteiger partial charge in [-0.3, -0.25) is 0 Å². The van der Waals surface area contributed by atoms with E-state index in [2.05, 4.69) is 73.7 Å². The van der Waals surface area contributed by atoms with Gasteiger partial charge in [0.1, 0.15) is 0 Å². The molecule has 0 aromatic heterocycles. The minimum Gasteiger partial charge on any atom is -0.0801 e. The molecule has 2 aromatic carbocycles. The second kappa shape index (κ2) is 4.66. The molecule has 0 saturated heterocycles. The van der Waals surface area contributed by atoms with Gasteiger partial charge in [0.25, 0.3) is 0 Å². The first-order chi connectivity index (χ1) is 8.83. The first kappa shape index (κ1) is 11.0. The third-order valence-electron chi connectivity index (χ3n) is 3.32. The van der Waals surface area contributed by atoms with Gasteiger partial charge in [-0.1, -0.05) is 66.3 Å². The van der Waals surface area contributed by atoms with Crippen molar-refractivity contribution in [2.45, 2.75) is 13.3 Å². The monoisotopic (exact) mass is 232 g/mol. The van der Waals surface area contributed by atoms with Crippen LogP contribution in [0, 0.1) is 6.92 Å². The Hall–Kier alpha value is -2.08. The predicted octanol–water partition coefficient (Wildman–Crippen LogP) is 5.01. The van der Waals surface area contributed by atoms with Crippen LogP contribution >= 0.6 is 0 Å². The first-order valence-electron chi connectivity index (χ1n) is 6.37. The molecule has 0 amide bonds. The molecule has 0 N–H and O–H groups in total. The van der Waals surface area contributed by atoms with E-state index >= 15 is 0 Å². The predicted molar refractivity (Wildman–Crippen MR) is 78.3 cm³/mol. The van der Waals surface area contributed by atoms with Gasteiger partial charge in [0, 0.05) is 0 Å². The summed E-state index contributed by atoms with van der Waals surface area (Å²) in [6.07, 6.45) is 7.74. The lowest BCUT2D eigenvalue weighted by atomic mass is 9.99. The van der Waals surface area contributed by atoms with Crippen LogP contribution in [0.3, 0.4) is 0 Å². The van der Waals surface area contributed by atoms with Gasteiger partial charge in [-0.2, -0.15) is 0 Å². The maximum absolute atomic E-state index is 2.27. The number of hydrogen-bond donors (Lipinski definition) is 0. The van der Waals surface area contributed by atoms with Gasteiger partial charge in [-0.05, 0) is 41.7 Å². The topological polar surface area (TPSA) is 0 Å². The Morgan fingerprint density at radius 1 is 0.833 bits per heavy atom. The van der Waals surface area contributed by atoms with E-state index in [4.69, 9.17) is 0 Å². The quantitative estimate of drug-likeness (QED) is 0.683. The number of aryl methyl sites for hydroxylation is 1. The highest BCUT2D eigenvalue weighted by atomic mass is 14.1. The molecule has 88 valence electrons. The molecule has 0 bridgehead atoms. The van der Waals surface area contributed by atoms with Crippen molar-refractivity contribution in [3.05, 3.63) is 77.9 Å². The lowest BCUT2D eigenvalue weighted by Gasteiger charge is -2.06. The molecule has 0 radical (unpaired) electrons. The molecule has 0 nitrogen and oxygen atoms in total. The van der Waals surface area contributed by atoms with E-state index < -0.39 is 0 Å². The van der Waals surface area contributed by atoms with E-state index in [9.17, 15) is 0 Å². The zero-order valence-corrected chi connectivity index (χ0v) is 10.6. The van der Waals surface area contributed by atoms with Gasteiger partial charge >= 0.3 is 0 Å². The number of rotatable bonds is 2. The van der Waals surface area contributed by atoms with Crippen LogP contribution in [0.2, 0.25) is 0 Å². The van der Waals surface area contributed by atoms with Gasteiger partial charge in [0.15, 0.2) is 0 Å². The van der Waals surface area contributed by atoms with E-state index in [1.165, 1.54) is 27.8 Å². The summed E-state index contributed by atoms with van der Waals surface area (Å²) in [5.74, 6) is 0. The second-order valence-electron chi connectivity index (χ2n) is 4.75. The van der Waals surface area contributed by atoms with Crippen LogP contribution in [-0.2, 0) is 0 Å². The highest BCUT2D eigenvalue weighted by Gasteiger charge is 2.04. The fraction of sp³-hybridized carbons (Fsp3) is 0.111. The molecule has 1 aliphatic rings. The van der Waals surface area contributed by atoms with Gasteiger partial charge in [0.05, 0.1) is 0 Å². The lowest BCUT2D eigenvalue weighted by molar-refractivity contribution is 1.45. The molecule has 0 atom stereocenters. The van der Waals surface area contributed by atoms with Crippen molar-refractivity contribution in [1.29, 1.82) is 0 Å². The zero-order chi connectivity index (χ0) is 12.4. The Labute approximate surface area is 108 Å². The summed E-state index contributed by atoms with van der Waals surface area (Å²) in [4.78, 5) is 0. The third kappa shape index (κ3) is 2.14. The van der Waals surface area contributed by atoms with E-state index in [1.807, 2.05) is 0 Å². The van der Waals surface area contributed by atoms with Crippen molar-refractivity contribution in [2.24, 2.45) is 0 Å². The Morgan fingerprint density at radius 3 is 2.28 bits per heavy atom. The molecular weight excluding hydrogens is 216 g/mol. The van der Waals surface area contributed by atoms with Crippen LogP contribution in [0.5, 0.6) is 0 Å². The molecule has 0 aliphatic heterocycles. The van der Waals surface area contributed by atoms with Crippen LogP contribution in [0.25, 0.3) is 16.7 Å². The molecule has 1 aliphatic carbocycles. The summed E-state index contributed by atoms with van der Waals surface area (Å²) in [5.41, 5.74) is 6.53. The maximum atomic E-state index is 2.27. The molecule has 18 heavy (non-hydrogen) atoms. The van der Waals surface area contributed by atoms with E-state index in [0.717, 1.165) is 6.42 Å². The fourth-order valence-electron chi connectivity index (χ4n) is 2.38. The minimum atomic E-state index is 1.06. The number of hydrogen-bond acceptors (Lipinski definition) is 0. The summed E-state index contributed by atoms with van der Waals surface area (Å²) in [5, 5.41) is 0. The zero-order valence-electron chi connectivity index (χ0n) is 10.6. The van der Waals surface area contributed by atoms with Crippen LogP contribution < -0.4 is 0 Å². The molecule has 3 rings (SSSR count). The van der Waals surface area contributed by atoms with Crippen molar-refractivity contribution in [2.75, 3.05) is 0 Å². The standard InChI is InChI=1S/C18H16/c1-14-6-4-9-16(12-14)18-11-5-10-17(13-18)15-7-2-3-8-15/h2,4-13H,3H2,1H3. The average Bonchev–Trinajstić information content (AvgIpc) is 2.93. The summed E-state index contributed by atoms with van der Waals surface area (Å²) in [6, 6.07) is 17.4. The SMILES string of the molecule is Cc1cccc(-c2cccc(C3=CCC=C3)c2)c1. The summed E-state index contributed by atoms with van der Waals surface area (Å²) in [7, 11) is 0. The summed E-state index contributed by atoms with van der Waals surface area (Å²) >= 11 is 0. The Kier molecular flexibility index (Phi) is 2.85. The fourth-order valence-corrected chi connectivity index (χ4v) is 2.38. The van der Waals surface area contributed by atoms with Crippen molar-refractivity contribution in [3.63, 3.8) is 0 Å². The molecule has 0 unspecified atom stereocenters. The van der Waals surface area contributed by atoms with E-state index in [0.29, 0.717) is 0 Å². The van der Waals surface area contributed by atoms with E-state index in [-0.39, 0.29) is 0 Å². The Balaban J connectivity index is 2.03. The maximum Gasteiger partial charge on any atom is -0.0157 e. The Morgan fingerprint density at radius 2 is 1.56 bits per heavy atom. The molecule has 0 heterocycles. The van der Waals surface area contributed by atoms with Gasteiger partial charge in [-0.15, -0.1) is 0 Å². The highest BCUT2D eigenvalue weighted by Crippen LogP contribution is 2.27. The van der Waals surface area contributed by atoms with Crippen molar-refractivity contribution in [1.82, 2.24) is 0 Å². The molecule has 0 fully saturated rings. The molecule has 0 heteroatoms. The second-order valence-corrected chi connectivity index (χ2v) is 4.75. The Bertz CT molecular complexity index is 630. The van der Waals surface area contributed by atoms with Gasteiger partial charge in [-0.25, -0.2) is 0 Å². The molecule has 0 spiro atoms. The van der Waals surface area contributed by atoms with Crippen molar-refractivity contribution >= 4 is 5.57 Å². The van der Waals surface area contributed by atoms with Gasteiger partial charge < -0.3 is 0 Å². The van der Waals surface area contributed by atoms with Crippen LogP contribution in [-0.4, -0.2) is 0 Å². The molecule has 0 saturated carbocycles. The van der Waals surface area contributed by atoms with Crippen LogP contribution in [0.15, 0.2) is 66.8 Å².